The molecule has 4 aromatic carbocycles. The third-order valence-electron chi connectivity index (χ3n) is 10.7. The molecule has 10 atom stereocenters. The standard InChI is InChI=1S/C27H31ClO7.C19H21ClO6.I3.I2/c1-6-24-15(2)25(33-17(4)30)27(34-18(5)31)26(35-24)20-9-12-23(28)21(14-20)13-19-7-10-22(11-8-19)32-16(3)29;20-14-6-3-11(8-12(14)7-10-1-4-13(22)5-2-10)19-18(25)17(24)16(23)15(9-21)26-19;1-3-2;1-2/h7-12,14-15,24-27H,6,13H2,1-5H3;1-6,8,15-19,21-25H,7,9H2;;/q;;-1;/t15-,24-,25+,26+,27-;15-,16-,17+,18-,19+;;/m11../s1. The van der Waals surface area contributed by atoms with Crippen molar-refractivity contribution >= 4 is 116 Å². The van der Waals surface area contributed by atoms with E-state index in [2.05, 4.69) is 74.5 Å². The monoisotopic (exact) mass is 1520 g/mol. The number of hydrogen-bond donors (Lipinski definition) is 5. The maximum Gasteiger partial charge on any atom is 0.115 e. The number of carbonyl (C=O) groups is 3. The summed E-state index contributed by atoms with van der Waals surface area (Å²) < 4.78 is 28.4. The predicted molar refractivity (Wildman–Crippen MR) is 281 cm³/mol. The molecule has 0 aliphatic carbocycles. The quantitative estimate of drug-likeness (QED) is 0.0591. The van der Waals surface area contributed by atoms with Gasteiger partial charge in [-0.3, -0.25) is 14.4 Å². The van der Waals surface area contributed by atoms with Crippen LogP contribution >= 0.6 is 97.7 Å². The van der Waals surface area contributed by atoms with E-state index in [4.69, 9.17) is 46.9 Å². The molecule has 0 bridgehead atoms. The van der Waals surface area contributed by atoms with Gasteiger partial charge in [-0.1, -0.05) is 85.6 Å². The zero-order valence-corrected chi connectivity index (χ0v) is 48.6. The van der Waals surface area contributed by atoms with Gasteiger partial charge in [0.15, 0.2) is 6.10 Å². The van der Waals surface area contributed by atoms with Crippen LogP contribution in [0.4, 0.5) is 0 Å². The van der Waals surface area contributed by atoms with Gasteiger partial charge in [0.2, 0.25) is 0 Å². The smallest absolute Gasteiger partial charge is 0.115 e. The minimum absolute atomic E-state index is 0.160. The average Bonchev–Trinajstić information content (AvgIpc) is 3.28. The molecular weight excluding hydrogens is 1470 g/mol. The number of phenolic OH excluding ortho intramolecular Hbond substituents is 1. The topological polar surface area (TPSA) is 199 Å². The number of aliphatic hydroxyl groups excluding tert-OH is 4. The molecule has 364 valence electrons. The Morgan fingerprint density at radius 3 is 1.58 bits per heavy atom. The van der Waals surface area contributed by atoms with Crippen LogP contribution in [0.1, 0.15) is 86.6 Å². The fourth-order valence-corrected chi connectivity index (χ4v) is 7.95. The van der Waals surface area contributed by atoms with Crippen molar-refractivity contribution in [1.29, 1.82) is 0 Å². The normalized spacial score (nSPS) is 24.5. The van der Waals surface area contributed by atoms with Crippen LogP contribution in [-0.4, -0.2) is 92.8 Å². The van der Waals surface area contributed by atoms with Crippen molar-refractivity contribution in [3.8, 4) is 11.5 Å². The predicted octanol–water partition coefficient (Wildman–Crippen LogP) is 6.90. The molecule has 20 heteroatoms. The molecule has 0 unspecified atom stereocenters. The number of aromatic hydroxyl groups is 1. The molecule has 2 fully saturated rings. The number of benzene rings is 4. The number of esters is 3. The minimum Gasteiger partial charge on any atom is -0.508 e. The van der Waals surface area contributed by atoms with E-state index < -0.39 is 67.4 Å². The van der Waals surface area contributed by atoms with Gasteiger partial charge < -0.3 is 49.2 Å². The molecule has 0 saturated carbocycles. The Kier molecular flexibility index (Phi) is 27.1. The van der Waals surface area contributed by atoms with Crippen LogP contribution in [0.3, 0.4) is 0 Å². The first-order valence-corrected chi connectivity index (χ1v) is 40.0. The molecule has 0 spiro atoms. The zero-order chi connectivity index (χ0) is 49.2. The Balaban J connectivity index is 0.000000330. The third-order valence-corrected chi connectivity index (χ3v) is 11.4. The van der Waals surface area contributed by atoms with Gasteiger partial charge in [-0.25, -0.2) is 0 Å². The van der Waals surface area contributed by atoms with Gasteiger partial charge in [0, 0.05) is 74.0 Å². The molecule has 4 aromatic rings. The fourth-order valence-electron chi connectivity index (χ4n) is 7.58. The van der Waals surface area contributed by atoms with Crippen LogP contribution < -0.4 is 18.0 Å². The molecule has 0 amide bonds. The summed E-state index contributed by atoms with van der Waals surface area (Å²) in [5.41, 5.74) is 4.90. The Morgan fingerprint density at radius 2 is 1.12 bits per heavy atom. The molecule has 0 radical (unpaired) electrons. The molecule has 2 aliphatic rings. The fraction of sp³-hybridized carbons (Fsp3) is 0.413. The summed E-state index contributed by atoms with van der Waals surface area (Å²) >= 11 is 22.3. The number of ether oxygens (including phenoxy) is 5. The Bertz CT molecular complexity index is 2150. The summed E-state index contributed by atoms with van der Waals surface area (Å²) in [4.78, 5) is 35.0. The van der Waals surface area contributed by atoms with Crippen LogP contribution in [-0.2, 0) is 46.2 Å². The van der Waals surface area contributed by atoms with Crippen molar-refractivity contribution in [1.82, 2.24) is 0 Å². The van der Waals surface area contributed by atoms with Gasteiger partial charge in [-0.15, -0.1) is 0 Å². The van der Waals surface area contributed by atoms with Crippen molar-refractivity contribution in [3.63, 3.8) is 0 Å². The van der Waals surface area contributed by atoms with E-state index in [1.54, 1.807) is 60.7 Å². The molecular formula is C46H52Cl2I5O13-. The first kappa shape index (κ1) is 59.4. The maximum atomic E-state index is 12.0. The maximum absolute atomic E-state index is 12.0. The van der Waals surface area contributed by atoms with Crippen molar-refractivity contribution in [2.45, 2.75) is 109 Å². The van der Waals surface area contributed by atoms with Gasteiger partial charge in [-0.2, -0.15) is 0 Å². The summed E-state index contributed by atoms with van der Waals surface area (Å²) in [6.45, 7) is 7.48. The Morgan fingerprint density at radius 1 is 0.667 bits per heavy atom. The van der Waals surface area contributed by atoms with Crippen LogP contribution in [0.2, 0.25) is 10.0 Å². The molecule has 66 heavy (non-hydrogen) atoms. The summed E-state index contributed by atoms with van der Waals surface area (Å²) in [6, 6.07) is 24.6. The molecule has 2 aliphatic heterocycles. The van der Waals surface area contributed by atoms with E-state index in [1.165, 1.54) is 20.8 Å². The number of phenols is 1. The molecule has 0 aromatic heterocycles. The second-order valence-electron chi connectivity index (χ2n) is 15.3. The Hall–Kier alpha value is -0.920. The molecule has 13 nitrogen and oxygen atoms in total. The van der Waals surface area contributed by atoms with Crippen LogP contribution in [0.25, 0.3) is 0 Å². The SMILES string of the molecule is CC[C@H]1O[C@@H](c2ccc(Cl)c(Cc3ccc(OC(C)=O)cc3)c2)[C@H](OC(C)=O)[C@@H](OC(C)=O)[C@@H]1C.II.I[I-]I.OC[C@H]1O[C@@H](c2ccc(Cl)c(Cc3ccc(O)cc3)c2)[C@H](O)[C@@H](O)[C@@H]1O. The molecule has 2 heterocycles. The Labute approximate surface area is 448 Å². The third kappa shape index (κ3) is 17.7. The van der Waals surface area contributed by atoms with Gasteiger partial charge in [0.1, 0.15) is 54.2 Å². The molecule has 5 N–H and O–H groups in total. The molecule has 6 rings (SSSR count). The van der Waals surface area contributed by atoms with Gasteiger partial charge in [-0.05, 0) is 89.0 Å². The summed E-state index contributed by atoms with van der Waals surface area (Å²) in [6.07, 6.45) is -6.56. The number of aliphatic hydroxyl groups is 4. The van der Waals surface area contributed by atoms with Gasteiger partial charge in [0.05, 0.1) is 12.7 Å². The number of halogens is 7. The van der Waals surface area contributed by atoms with E-state index in [-0.39, 0.29) is 23.7 Å². The van der Waals surface area contributed by atoms with Gasteiger partial charge >= 0.3 is 68.4 Å². The van der Waals surface area contributed by atoms with E-state index in [0.717, 1.165) is 27.8 Å². The van der Waals surface area contributed by atoms with E-state index >= 15 is 0 Å². The van der Waals surface area contributed by atoms with Crippen molar-refractivity contribution in [2.75, 3.05) is 6.61 Å². The second-order valence-corrected chi connectivity index (χ2v) is 32.3. The van der Waals surface area contributed by atoms with Crippen LogP contribution in [0.5, 0.6) is 11.5 Å². The number of carbonyl (C=O) groups excluding carboxylic acids is 3. The van der Waals surface area contributed by atoms with Crippen molar-refractivity contribution in [3.05, 3.63) is 128 Å². The van der Waals surface area contributed by atoms with E-state index in [9.17, 15) is 39.9 Å². The van der Waals surface area contributed by atoms with Crippen LogP contribution in [0, 0.1) is 5.92 Å². The zero-order valence-electron chi connectivity index (χ0n) is 36.3. The summed E-state index contributed by atoms with van der Waals surface area (Å²) in [7, 11) is 0. The molecule has 2 saturated heterocycles. The largest absolute Gasteiger partial charge is 0.508 e. The van der Waals surface area contributed by atoms with Crippen molar-refractivity contribution < 1.29 is 76.9 Å². The van der Waals surface area contributed by atoms with Crippen molar-refractivity contribution in [2.24, 2.45) is 5.92 Å². The minimum atomic E-state index is -1.43. The summed E-state index contributed by atoms with van der Waals surface area (Å²) in [5, 5.41) is 50.0. The van der Waals surface area contributed by atoms with Gasteiger partial charge in [0.25, 0.3) is 0 Å². The first-order chi connectivity index (χ1) is 31.4. The van der Waals surface area contributed by atoms with E-state index in [1.807, 2.05) is 38.1 Å². The van der Waals surface area contributed by atoms with E-state index in [0.29, 0.717) is 53.9 Å². The van der Waals surface area contributed by atoms with Crippen LogP contribution in [0.15, 0.2) is 84.9 Å². The number of hydrogen-bond acceptors (Lipinski definition) is 13. The number of rotatable bonds is 11. The average molecular weight is 1520 g/mol. The summed E-state index contributed by atoms with van der Waals surface area (Å²) in [5.74, 6) is -0.817. The first-order valence-electron chi connectivity index (χ1n) is 20.3. The second kappa shape index (κ2) is 30.1.